The number of rotatable bonds is 9. The normalized spacial score (nSPS) is 16.0. The lowest BCUT2D eigenvalue weighted by molar-refractivity contribution is 0.210. The van der Waals surface area contributed by atoms with E-state index < -0.39 is 0 Å². The van der Waals surface area contributed by atoms with Crippen LogP contribution in [-0.4, -0.2) is 37.6 Å². The molecular formula is C16H36N2. The lowest BCUT2D eigenvalue weighted by atomic mass is 9.84. The second-order valence-electron chi connectivity index (χ2n) is 6.94. The van der Waals surface area contributed by atoms with Crippen LogP contribution in [0.1, 0.15) is 60.8 Å². The Morgan fingerprint density at radius 1 is 1.17 bits per heavy atom. The van der Waals surface area contributed by atoms with Gasteiger partial charge in [-0.3, -0.25) is 0 Å². The first-order chi connectivity index (χ1) is 8.31. The number of hydrogen-bond acceptors (Lipinski definition) is 2. The molecular weight excluding hydrogens is 220 g/mol. The van der Waals surface area contributed by atoms with Gasteiger partial charge in [-0.25, -0.2) is 0 Å². The van der Waals surface area contributed by atoms with Crippen molar-refractivity contribution in [1.29, 1.82) is 0 Å². The van der Waals surface area contributed by atoms with Crippen LogP contribution in [-0.2, 0) is 0 Å². The average molecular weight is 256 g/mol. The second-order valence-corrected chi connectivity index (χ2v) is 6.94. The fourth-order valence-corrected chi connectivity index (χ4v) is 2.26. The molecule has 0 heterocycles. The summed E-state index contributed by atoms with van der Waals surface area (Å²) >= 11 is 0. The third-order valence-corrected chi connectivity index (χ3v) is 3.81. The van der Waals surface area contributed by atoms with Crippen molar-refractivity contribution in [3.05, 3.63) is 0 Å². The zero-order valence-electron chi connectivity index (χ0n) is 13.8. The van der Waals surface area contributed by atoms with Gasteiger partial charge in [-0.15, -0.1) is 0 Å². The van der Waals surface area contributed by atoms with Crippen LogP contribution in [0.4, 0.5) is 0 Å². The molecule has 2 nitrogen and oxygen atoms in total. The summed E-state index contributed by atoms with van der Waals surface area (Å²) in [5, 5.41) is 3.71. The summed E-state index contributed by atoms with van der Waals surface area (Å²) in [6.07, 6.45) is 3.74. The third kappa shape index (κ3) is 8.10. The Bertz CT molecular complexity index is 196. The van der Waals surface area contributed by atoms with Crippen LogP contribution in [0.25, 0.3) is 0 Å². The van der Waals surface area contributed by atoms with E-state index in [1.54, 1.807) is 0 Å². The molecule has 0 aliphatic heterocycles. The van der Waals surface area contributed by atoms with Crippen LogP contribution >= 0.6 is 0 Å². The highest BCUT2D eigenvalue weighted by Crippen LogP contribution is 2.22. The maximum atomic E-state index is 3.71. The minimum absolute atomic E-state index is 0.354. The highest BCUT2D eigenvalue weighted by atomic mass is 15.1. The molecule has 0 aromatic carbocycles. The molecule has 0 aliphatic carbocycles. The third-order valence-electron chi connectivity index (χ3n) is 3.81. The van der Waals surface area contributed by atoms with Crippen LogP contribution in [0.2, 0.25) is 0 Å². The molecule has 2 unspecified atom stereocenters. The maximum Gasteiger partial charge on any atom is 0.0128 e. The number of nitrogens with zero attached hydrogens (tertiary/aromatic N) is 1. The molecule has 2 atom stereocenters. The molecule has 0 fully saturated rings. The van der Waals surface area contributed by atoms with E-state index in [-0.39, 0.29) is 0 Å². The summed E-state index contributed by atoms with van der Waals surface area (Å²) in [5.41, 5.74) is 0.354. The molecule has 0 radical (unpaired) electrons. The van der Waals surface area contributed by atoms with E-state index >= 15 is 0 Å². The Morgan fingerprint density at radius 2 is 1.78 bits per heavy atom. The number of hydrogen-bond donors (Lipinski definition) is 1. The summed E-state index contributed by atoms with van der Waals surface area (Å²) in [6.45, 7) is 17.4. The average Bonchev–Trinajstić information content (AvgIpc) is 2.27. The van der Waals surface area contributed by atoms with Gasteiger partial charge in [0.25, 0.3) is 0 Å². The van der Waals surface area contributed by atoms with E-state index in [4.69, 9.17) is 0 Å². The smallest absolute Gasteiger partial charge is 0.0128 e. The van der Waals surface area contributed by atoms with Crippen molar-refractivity contribution in [2.45, 2.75) is 66.8 Å². The fraction of sp³-hybridized carbons (Fsp3) is 1.00. The number of nitrogens with one attached hydrogen (secondary N) is 1. The highest BCUT2D eigenvalue weighted by Gasteiger charge is 2.23. The first-order valence-electron chi connectivity index (χ1n) is 7.73. The summed E-state index contributed by atoms with van der Waals surface area (Å²) in [4.78, 5) is 2.49. The van der Waals surface area contributed by atoms with Crippen LogP contribution in [0.3, 0.4) is 0 Å². The van der Waals surface area contributed by atoms with E-state index in [1.165, 1.54) is 32.4 Å². The highest BCUT2D eigenvalue weighted by molar-refractivity contribution is 4.81. The molecule has 0 aliphatic rings. The van der Waals surface area contributed by atoms with Crippen molar-refractivity contribution < 1.29 is 0 Å². The molecule has 110 valence electrons. The largest absolute Gasteiger partial charge is 0.313 e. The van der Waals surface area contributed by atoms with Crippen molar-refractivity contribution in [3.8, 4) is 0 Å². The summed E-state index contributed by atoms with van der Waals surface area (Å²) < 4.78 is 0. The Hall–Kier alpha value is -0.0800. The molecule has 0 amide bonds. The molecule has 0 aromatic heterocycles. The molecule has 2 heteroatoms. The van der Waals surface area contributed by atoms with E-state index in [2.05, 4.69) is 58.8 Å². The first kappa shape index (κ1) is 17.9. The van der Waals surface area contributed by atoms with Gasteiger partial charge in [0.1, 0.15) is 0 Å². The standard InChI is InChI=1S/C16H36N2/c1-8-11-17-15(16(4,5)6)10-12-18(7)13-14(3)9-2/h14-15,17H,8-13H2,1-7H3. The van der Waals surface area contributed by atoms with Gasteiger partial charge >= 0.3 is 0 Å². The second kappa shape index (κ2) is 8.92. The van der Waals surface area contributed by atoms with Crippen molar-refractivity contribution in [2.75, 3.05) is 26.7 Å². The van der Waals surface area contributed by atoms with Gasteiger partial charge in [-0.05, 0) is 44.3 Å². The van der Waals surface area contributed by atoms with Gasteiger partial charge in [0, 0.05) is 12.6 Å². The van der Waals surface area contributed by atoms with Gasteiger partial charge in [-0.1, -0.05) is 48.0 Å². The van der Waals surface area contributed by atoms with Gasteiger partial charge in [-0.2, -0.15) is 0 Å². The van der Waals surface area contributed by atoms with Crippen LogP contribution in [0.5, 0.6) is 0 Å². The molecule has 0 saturated heterocycles. The molecule has 0 bridgehead atoms. The predicted molar refractivity (Wildman–Crippen MR) is 83.1 cm³/mol. The van der Waals surface area contributed by atoms with Crippen LogP contribution in [0.15, 0.2) is 0 Å². The molecule has 18 heavy (non-hydrogen) atoms. The van der Waals surface area contributed by atoms with Crippen LogP contribution in [0, 0.1) is 11.3 Å². The molecule has 0 rings (SSSR count). The lowest BCUT2D eigenvalue weighted by Crippen LogP contribution is -2.43. The van der Waals surface area contributed by atoms with Crippen LogP contribution < -0.4 is 5.32 Å². The molecule has 0 saturated carbocycles. The van der Waals surface area contributed by atoms with Gasteiger partial charge in [0.2, 0.25) is 0 Å². The van der Waals surface area contributed by atoms with Gasteiger partial charge < -0.3 is 10.2 Å². The SMILES string of the molecule is CCCNC(CCN(C)CC(C)CC)C(C)(C)C. The lowest BCUT2D eigenvalue weighted by Gasteiger charge is -2.33. The molecule has 1 N–H and O–H groups in total. The first-order valence-corrected chi connectivity index (χ1v) is 7.73. The Labute approximate surface area is 116 Å². The fourth-order valence-electron chi connectivity index (χ4n) is 2.26. The quantitative estimate of drug-likeness (QED) is 0.675. The van der Waals surface area contributed by atoms with E-state index in [0.717, 1.165) is 12.5 Å². The van der Waals surface area contributed by atoms with Crippen molar-refractivity contribution in [1.82, 2.24) is 10.2 Å². The summed E-state index contributed by atoms with van der Waals surface area (Å²) in [6, 6.07) is 0.622. The van der Waals surface area contributed by atoms with Crippen molar-refractivity contribution in [3.63, 3.8) is 0 Å². The Balaban J connectivity index is 4.09. The molecule has 0 aromatic rings. The van der Waals surface area contributed by atoms with Crippen molar-refractivity contribution in [2.24, 2.45) is 11.3 Å². The monoisotopic (exact) mass is 256 g/mol. The Kier molecular flexibility index (Phi) is 8.89. The minimum Gasteiger partial charge on any atom is -0.313 e. The van der Waals surface area contributed by atoms with E-state index in [9.17, 15) is 0 Å². The zero-order valence-corrected chi connectivity index (χ0v) is 13.8. The predicted octanol–water partition coefficient (Wildman–Crippen LogP) is 3.77. The summed E-state index contributed by atoms with van der Waals surface area (Å²) in [7, 11) is 2.26. The van der Waals surface area contributed by atoms with Gasteiger partial charge in [0.05, 0.1) is 0 Å². The summed E-state index contributed by atoms with van der Waals surface area (Å²) in [5.74, 6) is 0.812. The maximum absolute atomic E-state index is 3.71. The van der Waals surface area contributed by atoms with E-state index in [1.807, 2.05) is 0 Å². The van der Waals surface area contributed by atoms with E-state index in [0.29, 0.717) is 11.5 Å². The minimum atomic E-state index is 0.354. The Morgan fingerprint density at radius 3 is 2.22 bits per heavy atom. The van der Waals surface area contributed by atoms with Crippen molar-refractivity contribution >= 4 is 0 Å². The zero-order chi connectivity index (χ0) is 14.2. The molecule has 0 spiro atoms. The van der Waals surface area contributed by atoms with Gasteiger partial charge in [0.15, 0.2) is 0 Å². The topological polar surface area (TPSA) is 15.3 Å².